The molecule has 0 aliphatic rings. The second-order valence-electron chi connectivity index (χ2n) is 6.71. The van der Waals surface area contributed by atoms with Crippen molar-refractivity contribution >= 4 is 45.7 Å². The zero-order valence-electron chi connectivity index (χ0n) is 16.0. The standard InChI is InChI=1S/C23H14ClFN6/c24-15-6-8-19-17(12-15)22(16-3-1-2-4-18(16)25)30-23(29-19)31-28-13-14-5-7-20-21(11-14)27-10-9-26-20/h1-13H,(H,29,30,31). The molecule has 31 heavy (non-hydrogen) atoms. The fourth-order valence-electron chi connectivity index (χ4n) is 3.23. The molecule has 0 aliphatic heterocycles. The van der Waals surface area contributed by atoms with Crippen molar-refractivity contribution in [2.45, 2.75) is 0 Å². The molecule has 0 atom stereocenters. The van der Waals surface area contributed by atoms with Crippen LogP contribution in [-0.2, 0) is 0 Å². The van der Waals surface area contributed by atoms with Gasteiger partial charge in [-0.3, -0.25) is 9.97 Å². The summed E-state index contributed by atoms with van der Waals surface area (Å²) in [6.07, 6.45) is 4.92. The van der Waals surface area contributed by atoms with E-state index in [0.29, 0.717) is 27.2 Å². The predicted octanol–water partition coefficient (Wildman–Crippen LogP) is 5.48. The lowest BCUT2D eigenvalue weighted by Gasteiger charge is -2.09. The molecule has 0 spiro atoms. The van der Waals surface area contributed by atoms with Crippen LogP contribution < -0.4 is 5.43 Å². The minimum atomic E-state index is -0.380. The van der Waals surface area contributed by atoms with Crippen molar-refractivity contribution in [2.75, 3.05) is 5.43 Å². The van der Waals surface area contributed by atoms with Crippen molar-refractivity contribution in [3.8, 4) is 11.3 Å². The van der Waals surface area contributed by atoms with Gasteiger partial charge in [-0.1, -0.05) is 29.8 Å². The van der Waals surface area contributed by atoms with Gasteiger partial charge in [-0.2, -0.15) is 5.10 Å². The molecular weight excluding hydrogens is 415 g/mol. The zero-order valence-corrected chi connectivity index (χ0v) is 16.8. The Bertz CT molecular complexity index is 1450. The lowest BCUT2D eigenvalue weighted by atomic mass is 10.1. The van der Waals surface area contributed by atoms with Gasteiger partial charge in [-0.25, -0.2) is 19.8 Å². The smallest absolute Gasteiger partial charge is 0.244 e. The van der Waals surface area contributed by atoms with Gasteiger partial charge in [-0.15, -0.1) is 0 Å². The summed E-state index contributed by atoms with van der Waals surface area (Å²) < 4.78 is 14.5. The zero-order chi connectivity index (χ0) is 21.2. The largest absolute Gasteiger partial charge is 0.253 e. The van der Waals surface area contributed by atoms with E-state index < -0.39 is 0 Å². The van der Waals surface area contributed by atoms with Gasteiger partial charge < -0.3 is 0 Å². The van der Waals surface area contributed by atoms with Crippen LogP contribution in [0.5, 0.6) is 0 Å². The molecule has 2 aromatic heterocycles. The minimum Gasteiger partial charge on any atom is -0.253 e. The summed E-state index contributed by atoms with van der Waals surface area (Å²) in [7, 11) is 0. The lowest BCUT2D eigenvalue weighted by Crippen LogP contribution is -2.00. The van der Waals surface area contributed by atoms with Crippen molar-refractivity contribution in [1.82, 2.24) is 19.9 Å². The maximum atomic E-state index is 14.5. The normalized spacial score (nSPS) is 11.4. The first-order chi connectivity index (χ1) is 15.2. The Hall–Kier alpha value is -3.97. The van der Waals surface area contributed by atoms with Crippen LogP contribution in [0, 0.1) is 5.82 Å². The van der Waals surface area contributed by atoms with Crippen molar-refractivity contribution in [3.05, 3.63) is 89.5 Å². The van der Waals surface area contributed by atoms with E-state index in [4.69, 9.17) is 11.6 Å². The quantitative estimate of drug-likeness (QED) is 0.303. The number of hydrogen-bond acceptors (Lipinski definition) is 6. The minimum absolute atomic E-state index is 0.241. The Morgan fingerprint density at radius 3 is 2.55 bits per heavy atom. The van der Waals surface area contributed by atoms with Crippen LogP contribution in [0.2, 0.25) is 5.02 Å². The first-order valence-electron chi connectivity index (χ1n) is 9.39. The van der Waals surface area contributed by atoms with Gasteiger partial charge in [0.15, 0.2) is 0 Å². The molecule has 150 valence electrons. The third kappa shape index (κ3) is 3.91. The predicted molar refractivity (Wildman–Crippen MR) is 121 cm³/mol. The number of halogens is 2. The number of nitrogens with zero attached hydrogens (tertiary/aromatic N) is 5. The summed E-state index contributed by atoms with van der Waals surface area (Å²) in [4.78, 5) is 17.5. The molecule has 3 aromatic carbocycles. The molecule has 2 heterocycles. The van der Waals surface area contributed by atoms with Crippen molar-refractivity contribution in [3.63, 3.8) is 0 Å². The van der Waals surface area contributed by atoms with E-state index in [2.05, 4.69) is 30.5 Å². The van der Waals surface area contributed by atoms with E-state index >= 15 is 0 Å². The number of nitrogens with one attached hydrogen (secondary N) is 1. The average molecular weight is 429 g/mol. The highest BCUT2D eigenvalue weighted by Crippen LogP contribution is 2.30. The fraction of sp³-hybridized carbons (Fsp3) is 0. The molecule has 0 saturated heterocycles. The molecule has 0 radical (unpaired) electrons. The molecule has 6 nitrogen and oxygen atoms in total. The van der Waals surface area contributed by atoms with E-state index in [1.165, 1.54) is 6.07 Å². The number of hydrazone groups is 1. The van der Waals surface area contributed by atoms with Crippen LogP contribution >= 0.6 is 11.6 Å². The number of fused-ring (bicyclic) bond motifs is 2. The van der Waals surface area contributed by atoms with Crippen LogP contribution in [-0.4, -0.2) is 26.2 Å². The van der Waals surface area contributed by atoms with Gasteiger partial charge in [0.25, 0.3) is 0 Å². The number of rotatable bonds is 4. The molecule has 0 fully saturated rings. The summed E-state index contributed by atoms with van der Waals surface area (Å²) in [6, 6.07) is 17.3. The van der Waals surface area contributed by atoms with Crippen molar-refractivity contribution < 1.29 is 4.39 Å². The van der Waals surface area contributed by atoms with E-state index in [9.17, 15) is 4.39 Å². The van der Waals surface area contributed by atoms with E-state index in [-0.39, 0.29) is 11.8 Å². The van der Waals surface area contributed by atoms with Gasteiger partial charge in [0.05, 0.1) is 28.5 Å². The molecule has 1 N–H and O–H groups in total. The van der Waals surface area contributed by atoms with Crippen LogP contribution in [0.3, 0.4) is 0 Å². The summed E-state index contributed by atoms with van der Waals surface area (Å²) in [6.45, 7) is 0. The molecule has 5 aromatic rings. The monoisotopic (exact) mass is 428 g/mol. The third-order valence-electron chi connectivity index (χ3n) is 4.66. The van der Waals surface area contributed by atoms with Crippen LogP contribution in [0.4, 0.5) is 10.3 Å². The summed E-state index contributed by atoms with van der Waals surface area (Å²) in [5.41, 5.74) is 6.66. The SMILES string of the molecule is Fc1ccccc1-c1nc(NN=Cc2ccc3nccnc3c2)nc2ccc(Cl)cc12. The molecule has 5 rings (SSSR count). The van der Waals surface area contributed by atoms with E-state index in [1.807, 2.05) is 18.2 Å². The Kier molecular flexibility index (Phi) is 4.93. The van der Waals surface area contributed by atoms with Gasteiger partial charge in [0, 0.05) is 28.4 Å². The maximum Gasteiger partial charge on any atom is 0.244 e. The molecular formula is C23H14ClFN6. The Balaban J connectivity index is 1.51. The maximum absolute atomic E-state index is 14.5. The number of hydrogen-bond donors (Lipinski definition) is 1. The molecule has 0 aliphatic carbocycles. The van der Waals surface area contributed by atoms with Crippen LogP contribution in [0.15, 0.2) is 78.2 Å². The molecule has 0 unspecified atom stereocenters. The highest BCUT2D eigenvalue weighted by atomic mass is 35.5. The van der Waals surface area contributed by atoms with Crippen molar-refractivity contribution in [1.29, 1.82) is 0 Å². The van der Waals surface area contributed by atoms with Gasteiger partial charge in [-0.05, 0) is 48.0 Å². The Labute approximate surface area is 181 Å². The molecule has 8 heteroatoms. The van der Waals surface area contributed by atoms with Crippen molar-refractivity contribution in [2.24, 2.45) is 5.10 Å². The second-order valence-corrected chi connectivity index (χ2v) is 7.15. The summed E-state index contributed by atoms with van der Waals surface area (Å²) in [5, 5.41) is 5.41. The second kappa shape index (κ2) is 8.04. The number of anilines is 1. The van der Waals surface area contributed by atoms with E-state index in [0.717, 1.165) is 16.6 Å². The van der Waals surface area contributed by atoms with E-state index in [1.54, 1.807) is 55.0 Å². The molecule has 0 saturated carbocycles. The summed E-state index contributed by atoms with van der Waals surface area (Å²) in [5.74, 6) is -0.140. The summed E-state index contributed by atoms with van der Waals surface area (Å²) >= 11 is 6.15. The van der Waals surface area contributed by atoms with Gasteiger partial charge in [0.2, 0.25) is 5.95 Å². The van der Waals surface area contributed by atoms with Gasteiger partial charge >= 0.3 is 0 Å². The Morgan fingerprint density at radius 1 is 0.871 bits per heavy atom. The third-order valence-corrected chi connectivity index (χ3v) is 4.89. The van der Waals surface area contributed by atoms with Crippen LogP contribution in [0.25, 0.3) is 33.2 Å². The fourth-order valence-corrected chi connectivity index (χ4v) is 3.41. The first kappa shape index (κ1) is 19.0. The first-order valence-corrected chi connectivity index (χ1v) is 9.77. The molecule has 0 amide bonds. The number of benzene rings is 3. The average Bonchev–Trinajstić information content (AvgIpc) is 2.79. The topological polar surface area (TPSA) is 76.0 Å². The molecule has 0 bridgehead atoms. The highest BCUT2D eigenvalue weighted by Gasteiger charge is 2.13. The lowest BCUT2D eigenvalue weighted by molar-refractivity contribution is 0.631. The van der Waals surface area contributed by atoms with Crippen LogP contribution in [0.1, 0.15) is 5.56 Å². The number of aromatic nitrogens is 4. The van der Waals surface area contributed by atoms with Gasteiger partial charge in [0.1, 0.15) is 5.82 Å². The Morgan fingerprint density at radius 2 is 1.68 bits per heavy atom. The highest BCUT2D eigenvalue weighted by molar-refractivity contribution is 6.31.